The number of nitrogens with zero attached hydrogens (tertiary/aromatic N) is 2. The minimum atomic E-state index is -0.560. The molecule has 0 aromatic heterocycles. The molecular weight excluding hydrogens is 572 g/mol. The summed E-state index contributed by atoms with van der Waals surface area (Å²) in [4.78, 5) is 47.2. The summed E-state index contributed by atoms with van der Waals surface area (Å²) in [5.41, 5.74) is 2.02. The smallest absolute Gasteiger partial charge is 0.344 e. The van der Waals surface area contributed by atoms with Crippen molar-refractivity contribution in [3.8, 4) is 11.5 Å². The first-order valence-electron chi connectivity index (χ1n) is 15.4. The van der Waals surface area contributed by atoms with Gasteiger partial charge in [0.15, 0.2) is 13.2 Å². The van der Waals surface area contributed by atoms with Crippen LogP contribution in [0.1, 0.15) is 87.5 Å². The molecule has 0 saturated heterocycles. The standard InChI is InChI=1S/C32H42N2O10/c1-3-41-29(35)21-43-31-23-13-11-9-7-5-6-8-10-12-14-24-18-28(34(39)40)20-26(32(24)44-22-30(36)42-4-2)16-15-25(31)19-27(17-23)33(37)38/h17-20H,3-16,21-22H2,1-2H3. The molecule has 12 nitrogen and oxygen atoms in total. The first-order chi connectivity index (χ1) is 21.2. The molecule has 0 atom stereocenters. The molecule has 1 aliphatic rings. The Labute approximate surface area is 257 Å². The topological polar surface area (TPSA) is 157 Å². The Hall–Kier alpha value is -4.22. The van der Waals surface area contributed by atoms with Crippen LogP contribution in [0.4, 0.5) is 11.4 Å². The van der Waals surface area contributed by atoms with Crippen LogP contribution in [-0.2, 0) is 44.7 Å². The summed E-state index contributed by atoms with van der Waals surface area (Å²) in [6.45, 7) is 3.03. The second kappa shape index (κ2) is 17.8. The van der Waals surface area contributed by atoms with Crippen molar-refractivity contribution in [1.29, 1.82) is 0 Å². The number of hydrogen-bond donors (Lipinski definition) is 0. The molecule has 0 amide bonds. The molecule has 0 radical (unpaired) electrons. The van der Waals surface area contributed by atoms with Gasteiger partial charge in [0.05, 0.1) is 23.1 Å². The number of carbonyl (C=O) groups is 2. The summed E-state index contributed by atoms with van der Waals surface area (Å²) in [5, 5.41) is 23.8. The zero-order chi connectivity index (χ0) is 31.9. The predicted molar refractivity (Wildman–Crippen MR) is 162 cm³/mol. The number of hydrogen-bond acceptors (Lipinski definition) is 10. The number of benzene rings is 2. The van der Waals surface area contributed by atoms with Crippen molar-refractivity contribution < 1.29 is 38.4 Å². The highest BCUT2D eigenvalue weighted by Gasteiger charge is 2.23. The first-order valence-corrected chi connectivity index (χ1v) is 15.4. The quantitative estimate of drug-likeness (QED) is 0.167. The summed E-state index contributed by atoms with van der Waals surface area (Å²) in [6, 6.07) is 5.81. The van der Waals surface area contributed by atoms with Gasteiger partial charge >= 0.3 is 11.9 Å². The maximum absolute atomic E-state index is 12.2. The van der Waals surface area contributed by atoms with Gasteiger partial charge in [-0.15, -0.1) is 0 Å². The highest BCUT2D eigenvalue weighted by atomic mass is 16.6. The maximum atomic E-state index is 12.2. The fourth-order valence-electron chi connectivity index (χ4n) is 5.42. The molecule has 44 heavy (non-hydrogen) atoms. The number of fused-ring (bicyclic) bond motifs is 4. The number of aryl methyl sites for hydroxylation is 4. The van der Waals surface area contributed by atoms with E-state index in [1.807, 2.05) is 0 Å². The Balaban J connectivity index is 2.10. The molecule has 2 aromatic carbocycles. The SMILES string of the molecule is CCOC(=O)COc1c2cc([N+](=O)[O-])cc1CCc1cc([N+](=O)[O-])cc(c1OCC(=O)OCC)CCCCCCCCCC2. The molecule has 0 unspecified atom stereocenters. The van der Waals surface area contributed by atoms with Crippen molar-refractivity contribution >= 4 is 23.3 Å². The van der Waals surface area contributed by atoms with Gasteiger partial charge in [-0.1, -0.05) is 38.5 Å². The average molecular weight is 615 g/mol. The van der Waals surface area contributed by atoms with E-state index < -0.39 is 21.8 Å². The predicted octanol–water partition coefficient (Wildman–Crippen LogP) is 6.39. The summed E-state index contributed by atoms with van der Waals surface area (Å²) in [7, 11) is 0. The summed E-state index contributed by atoms with van der Waals surface area (Å²) < 4.78 is 22.0. The van der Waals surface area contributed by atoms with Gasteiger partial charge in [0, 0.05) is 46.5 Å². The zero-order valence-corrected chi connectivity index (χ0v) is 25.6. The van der Waals surface area contributed by atoms with Crippen LogP contribution in [0.2, 0.25) is 0 Å². The molecule has 3 rings (SSSR count). The lowest BCUT2D eigenvalue weighted by Crippen LogP contribution is -2.17. The number of non-ortho nitro benzene ring substituents is 2. The number of ether oxygens (including phenoxy) is 4. The van der Waals surface area contributed by atoms with Gasteiger partial charge in [0.1, 0.15) is 11.5 Å². The molecule has 4 bridgehead atoms. The van der Waals surface area contributed by atoms with Crippen LogP contribution >= 0.6 is 0 Å². The van der Waals surface area contributed by atoms with Crippen LogP contribution in [0.5, 0.6) is 11.5 Å². The van der Waals surface area contributed by atoms with Crippen molar-refractivity contribution in [1.82, 2.24) is 0 Å². The molecule has 0 spiro atoms. The third kappa shape index (κ3) is 10.5. The van der Waals surface area contributed by atoms with Gasteiger partial charge in [-0.2, -0.15) is 0 Å². The third-order valence-electron chi connectivity index (χ3n) is 7.46. The molecular formula is C32H42N2O10. The lowest BCUT2D eigenvalue weighted by atomic mass is 9.94. The fourth-order valence-corrected chi connectivity index (χ4v) is 5.42. The molecule has 0 saturated carbocycles. The summed E-state index contributed by atoms with van der Waals surface area (Å²) in [5.74, 6) is -0.362. The molecule has 0 heterocycles. The van der Waals surface area contributed by atoms with Crippen LogP contribution in [-0.4, -0.2) is 48.2 Å². The lowest BCUT2D eigenvalue weighted by molar-refractivity contribution is -0.385. The fraction of sp³-hybridized carbons (Fsp3) is 0.562. The molecule has 0 aliphatic heterocycles. The van der Waals surface area contributed by atoms with E-state index in [-0.39, 0.29) is 50.6 Å². The molecule has 240 valence electrons. The van der Waals surface area contributed by atoms with Gasteiger partial charge in [-0.3, -0.25) is 20.2 Å². The number of nitro benzene ring substituents is 2. The van der Waals surface area contributed by atoms with Crippen molar-refractivity contribution in [2.24, 2.45) is 0 Å². The van der Waals surface area contributed by atoms with Gasteiger partial charge in [-0.05, 0) is 52.4 Å². The molecule has 0 fully saturated rings. The van der Waals surface area contributed by atoms with Gasteiger partial charge in [0.2, 0.25) is 0 Å². The van der Waals surface area contributed by atoms with E-state index in [1.165, 1.54) is 24.3 Å². The van der Waals surface area contributed by atoms with Crippen LogP contribution in [0, 0.1) is 20.2 Å². The van der Waals surface area contributed by atoms with Crippen LogP contribution in [0.15, 0.2) is 24.3 Å². The van der Waals surface area contributed by atoms with Gasteiger partial charge in [0.25, 0.3) is 11.4 Å². The van der Waals surface area contributed by atoms with E-state index in [9.17, 15) is 29.8 Å². The highest BCUT2D eigenvalue weighted by Crippen LogP contribution is 2.36. The molecule has 2 aromatic rings. The largest absolute Gasteiger partial charge is 0.481 e. The lowest BCUT2D eigenvalue weighted by Gasteiger charge is -2.18. The maximum Gasteiger partial charge on any atom is 0.344 e. The van der Waals surface area contributed by atoms with Gasteiger partial charge < -0.3 is 18.9 Å². The van der Waals surface area contributed by atoms with E-state index in [4.69, 9.17) is 18.9 Å². The summed E-state index contributed by atoms with van der Waals surface area (Å²) in [6.07, 6.45) is 9.16. The Morgan fingerprint density at radius 2 is 0.909 bits per heavy atom. The molecule has 12 heteroatoms. The van der Waals surface area contributed by atoms with E-state index in [1.54, 1.807) is 13.8 Å². The highest BCUT2D eigenvalue weighted by molar-refractivity contribution is 5.72. The van der Waals surface area contributed by atoms with Gasteiger partial charge in [-0.25, -0.2) is 9.59 Å². The number of rotatable bonds is 10. The van der Waals surface area contributed by atoms with Crippen molar-refractivity contribution in [3.63, 3.8) is 0 Å². The minimum Gasteiger partial charge on any atom is -0.481 e. The molecule has 0 N–H and O–H groups in total. The third-order valence-corrected chi connectivity index (χ3v) is 7.46. The summed E-state index contributed by atoms with van der Waals surface area (Å²) >= 11 is 0. The van der Waals surface area contributed by atoms with Crippen molar-refractivity contribution in [2.45, 2.75) is 90.9 Å². The number of nitro groups is 2. The van der Waals surface area contributed by atoms with Crippen LogP contribution in [0.25, 0.3) is 0 Å². The van der Waals surface area contributed by atoms with E-state index in [2.05, 4.69) is 0 Å². The van der Waals surface area contributed by atoms with E-state index in [0.29, 0.717) is 46.6 Å². The first kappa shape index (κ1) is 34.3. The van der Waals surface area contributed by atoms with E-state index >= 15 is 0 Å². The average Bonchev–Trinajstić information content (AvgIpc) is 2.98. The normalized spacial score (nSPS) is 14.4. The van der Waals surface area contributed by atoms with Crippen molar-refractivity contribution in [2.75, 3.05) is 26.4 Å². The Bertz CT molecular complexity index is 1210. The van der Waals surface area contributed by atoms with Crippen molar-refractivity contribution in [3.05, 3.63) is 66.7 Å². The monoisotopic (exact) mass is 614 g/mol. The van der Waals surface area contributed by atoms with Crippen LogP contribution < -0.4 is 9.47 Å². The second-order valence-corrected chi connectivity index (χ2v) is 10.7. The van der Waals surface area contributed by atoms with E-state index in [0.717, 1.165) is 51.4 Å². The second-order valence-electron chi connectivity index (χ2n) is 10.7. The zero-order valence-electron chi connectivity index (χ0n) is 25.6. The Kier molecular flexibility index (Phi) is 13.9. The number of carbonyl (C=O) groups excluding carboxylic acids is 2. The Morgan fingerprint density at radius 1 is 0.591 bits per heavy atom. The van der Waals surface area contributed by atoms with Crippen LogP contribution in [0.3, 0.4) is 0 Å². The Morgan fingerprint density at radius 3 is 1.23 bits per heavy atom. The minimum absolute atomic E-state index is 0.105. The molecule has 1 aliphatic carbocycles. The number of esters is 2.